The molecule has 0 aliphatic rings. The number of methoxy groups -OCH3 is 1. The number of nitrogens with zero attached hydrogens (tertiary/aromatic N) is 1. The summed E-state index contributed by atoms with van der Waals surface area (Å²) in [5.41, 5.74) is 2.64. The average molecular weight is 270 g/mol. The summed E-state index contributed by atoms with van der Waals surface area (Å²) in [4.78, 5) is 4.08. The molecule has 1 atom stereocenters. The van der Waals surface area contributed by atoms with E-state index in [-0.39, 0.29) is 0 Å². The monoisotopic (exact) mass is 270 g/mol. The molecule has 3 nitrogen and oxygen atoms in total. The van der Waals surface area contributed by atoms with Gasteiger partial charge in [0.15, 0.2) is 0 Å². The minimum absolute atomic E-state index is 0.380. The number of hydrogen-bond acceptors (Lipinski definition) is 3. The van der Waals surface area contributed by atoms with Crippen LogP contribution >= 0.6 is 0 Å². The Hall–Kier alpha value is -1.87. The predicted molar refractivity (Wildman–Crippen MR) is 82.0 cm³/mol. The summed E-state index contributed by atoms with van der Waals surface area (Å²) in [6, 6.07) is 12.9. The van der Waals surface area contributed by atoms with Crippen molar-refractivity contribution in [2.45, 2.75) is 25.8 Å². The van der Waals surface area contributed by atoms with Gasteiger partial charge in [-0.25, -0.2) is 0 Å². The second-order valence-corrected chi connectivity index (χ2v) is 4.78. The van der Waals surface area contributed by atoms with Crippen LogP contribution in [-0.4, -0.2) is 18.6 Å². The molecule has 1 aromatic carbocycles. The molecule has 1 N–H and O–H groups in total. The molecule has 1 heterocycles. The van der Waals surface area contributed by atoms with Gasteiger partial charge in [-0.1, -0.05) is 19.1 Å². The topological polar surface area (TPSA) is 34.1 Å². The van der Waals surface area contributed by atoms with Gasteiger partial charge in [0.1, 0.15) is 5.75 Å². The highest BCUT2D eigenvalue weighted by molar-refractivity contribution is 5.27. The number of hydrogen-bond donors (Lipinski definition) is 1. The smallest absolute Gasteiger partial charge is 0.118 e. The van der Waals surface area contributed by atoms with Crippen molar-refractivity contribution in [1.29, 1.82) is 0 Å². The summed E-state index contributed by atoms with van der Waals surface area (Å²) in [6.07, 6.45) is 5.83. The molecule has 20 heavy (non-hydrogen) atoms. The molecule has 0 bridgehead atoms. The van der Waals surface area contributed by atoms with E-state index in [1.807, 2.05) is 24.5 Å². The maximum atomic E-state index is 5.18. The van der Waals surface area contributed by atoms with Crippen molar-refractivity contribution in [3.05, 3.63) is 59.9 Å². The van der Waals surface area contributed by atoms with Gasteiger partial charge in [0.05, 0.1) is 7.11 Å². The van der Waals surface area contributed by atoms with Crippen LogP contribution in [0.25, 0.3) is 0 Å². The van der Waals surface area contributed by atoms with E-state index < -0.39 is 0 Å². The van der Waals surface area contributed by atoms with Crippen LogP contribution in [0, 0.1) is 0 Å². The molecular formula is C17H22N2O. The first kappa shape index (κ1) is 14.5. The van der Waals surface area contributed by atoms with Crippen LogP contribution in [0.15, 0.2) is 48.8 Å². The van der Waals surface area contributed by atoms with Gasteiger partial charge in [-0.3, -0.25) is 4.98 Å². The number of pyridine rings is 1. The Morgan fingerprint density at radius 2 is 1.80 bits per heavy atom. The van der Waals surface area contributed by atoms with E-state index in [2.05, 4.69) is 41.5 Å². The average Bonchev–Trinajstić information content (AvgIpc) is 2.53. The normalized spacial score (nSPS) is 12.1. The van der Waals surface area contributed by atoms with Gasteiger partial charge in [0.25, 0.3) is 0 Å². The molecule has 0 radical (unpaired) electrons. The third-order valence-electron chi connectivity index (χ3n) is 3.44. The highest BCUT2D eigenvalue weighted by Gasteiger charge is 2.09. The van der Waals surface area contributed by atoms with Gasteiger partial charge >= 0.3 is 0 Å². The van der Waals surface area contributed by atoms with Gasteiger partial charge in [-0.05, 0) is 54.8 Å². The van der Waals surface area contributed by atoms with Crippen LogP contribution in [0.3, 0.4) is 0 Å². The lowest BCUT2D eigenvalue weighted by Gasteiger charge is -2.18. The number of rotatable bonds is 7. The molecule has 2 aromatic rings. The standard InChI is InChI=1S/C17H22N2O/c1-3-19-17(15-10-12-18-13-11-15)9-6-14-4-7-16(20-2)8-5-14/h4-5,7-8,10-13,17,19H,3,6,9H2,1-2H3. The molecule has 3 heteroatoms. The summed E-state index contributed by atoms with van der Waals surface area (Å²) in [5, 5.41) is 3.54. The minimum Gasteiger partial charge on any atom is -0.497 e. The van der Waals surface area contributed by atoms with Crippen molar-refractivity contribution in [3.8, 4) is 5.75 Å². The molecule has 0 saturated carbocycles. The molecule has 2 rings (SSSR count). The number of ether oxygens (including phenoxy) is 1. The van der Waals surface area contributed by atoms with E-state index >= 15 is 0 Å². The van der Waals surface area contributed by atoms with Crippen LogP contribution in [0.4, 0.5) is 0 Å². The first-order chi connectivity index (χ1) is 9.83. The largest absolute Gasteiger partial charge is 0.497 e. The second-order valence-electron chi connectivity index (χ2n) is 4.78. The highest BCUT2D eigenvalue weighted by atomic mass is 16.5. The zero-order valence-corrected chi connectivity index (χ0v) is 12.2. The maximum absolute atomic E-state index is 5.18. The van der Waals surface area contributed by atoms with E-state index in [9.17, 15) is 0 Å². The fourth-order valence-corrected chi connectivity index (χ4v) is 2.33. The lowest BCUT2D eigenvalue weighted by molar-refractivity contribution is 0.414. The van der Waals surface area contributed by atoms with Crippen LogP contribution in [0.1, 0.15) is 30.5 Å². The first-order valence-corrected chi connectivity index (χ1v) is 7.09. The van der Waals surface area contributed by atoms with Crippen molar-refractivity contribution in [2.24, 2.45) is 0 Å². The van der Waals surface area contributed by atoms with Gasteiger partial charge in [0, 0.05) is 18.4 Å². The lowest BCUT2D eigenvalue weighted by atomic mass is 9.99. The second kappa shape index (κ2) is 7.65. The Bertz CT molecular complexity index is 496. The highest BCUT2D eigenvalue weighted by Crippen LogP contribution is 2.20. The summed E-state index contributed by atoms with van der Waals surface area (Å²) >= 11 is 0. The fraction of sp³-hybridized carbons (Fsp3) is 0.353. The molecule has 0 spiro atoms. The Labute approximate surface area is 121 Å². The predicted octanol–water partition coefficient (Wildman–Crippen LogP) is 3.37. The summed E-state index contributed by atoms with van der Waals surface area (Å²) < 4.78 is 5.18. The van der Waals surface area contributed by atoms with E-state index in [0.29, 0.717) is 6.04 Å². The van der Waals surface area contributed by atoms with Gasteiger partial charge in [-0.15, -0.1) is 0 Å². The number of aryl methyl sites for hydroxylation is 1. The van der Waals surface area contributed by atoms with Crippen LogP contribution in [0.2, 0.25) is 0 Å². The van der Waals surface area contributed by atoms with Crippen LogP contribution in [0.5, 0.6) is 5.75 Å². The number of aromatic nitrogens is 1. The number of benzene rings is 1. The number of nitrogens with one attached hydrogen (secondary N) is 1. The zero-order valence-electron chi connectivity index (χ0n) is 12.2. The summed E-state index contributed by atoms with van der Waals surface area (Å²) in [5.74, 6) is 0.908. The van der Waals surface area contributed by atoms with Crippen molar-refractivity contribution >= 4 is 0 Å². The minimum atomic E-state index is 0.380. The van der Waals surface area contributed by atoms with E-state index in [0.717, 1.165) is 25.1 Å². The Kier molecular flexibility index (Phi) is 5.56. The third kappa shape index (κ3) is 4.07. The Balaban J connectivity index is 1.98. The fourth-order valence-electron chi connectivity index (χ4n) is 2.33. The van der Waals surface area contributed by atoms with Crippen LogP contribution in [-0.2, 0) is 6.42 Å². The lowest BCUT2D eigenvalue weighted by Crippen LogP contribution is -2.21. The summed E-state index contributed by atoms with van der Waals surface area (Å²) in [6.45, 7) is 3.11. The van der Waals surface area contributed by atoms with Gasteiger partial charge in [0.2, 0.25) is 0 Å². The van der Waals surface area contributed by atoms with Crippen molar-refractivity contribution in [3.63, 3.8) is 0 Å². The molecule has 0 fully saturated rings. The maximum Gasteiger partial charge on any atom is 0.118 e. The molecule has 0 amide bonds. The Morgan fingerprint density at radius 3 is 2.40 bits per heavy atom. The van der Waals surface area contributed by atoms with Crippen molar-refractivity contribution < 1.29 is 4.74 Å². The zero-order chi connectivity index (χ0) is 14.2. The SMILES string of the molecule is CCNC(CCc1ccc(OC)cc1)c1ccncc1. The van der Waals surface area contributed by atoms with Gasteiger partial charge < -0.3 is 10.1 Å². The molecule has 1 aromatic heterocycles. The summed E-state index contributed by atoms with van der Waals surface area (Å²) in [7, 11) is 1.69. The molecule has 0 aliphatic heterocycles. The molecule has 0 aliphatic carbocycles. The van der Waals surface area contributed by atoms with E-state index in [1.165, 1.54) is 11.1 Å². The molecule has 1 unspecified atom stereocenters. The van der Waals surface area contributed by atoms with Crippen LogP contribution < -0.4 is 10.1 Å². The molecule has 106 valence electrons. The first-order valence-electron chi connectivity index (χ1n) is 7.09. The van der Waals surface area contributed by atoms with E-state index in [1.54, 1.807) is 7.11 Å². The molecule has 0 saturated heterocycles. The van der Waals surface area contributed by atoms with Gasteiger partial charge in [-0.2, -0.15) is 0 Å². The Morgan fingerprint density at radius 1 is 1.10 bits per heavy atom. The van der Waals surface area contributed by atoms with Crippen molar-refractivity contribution in [1.82, 2.24) is 10.3 Å². The molecular weight excluding hydrogens is 248 g/mol. The van der Waals surface area contributed by atoms with Crippen molar-refractivity contribution in [2.75, 3.05) is 13.7 Å². The van der Waals surface area contributed by atoms with E-state index in [4.69, 9.17) is 4.74 Å². The quantitative estimate of drug-likeness (QED) is 0.837. The third-order valence-corrected chi connectivity index (χ3v) is 3.44.